The molecule has 0 aliphatic carbocycles. The van der Waals surface area contributed by atoms with Gasteiger partial charge < -0.3 is 13.9 Å². The number of benzene rings is 1. The second-order valence-electron chi connectivity index (χ2n) is 4.21. The van der Waals surface area contributed by atoms with E-state index in [1.807, 2.05) is 0 Å². The van der Waals surface area contributed by atoms with Gasteiger partial charge in [0.15, 0.2) is 6.10 Å². The molecule has 1 atom stereocenters. The highest BCUT2D eigenvalue weighted by Crippen LogP contribution is 2.26. The van der Waals surface area contributed by atoms with E-state index >= 15 is 0 Å². The molecule has 7 nitrogen and oxygen atoms in total. The number of carbonyl (C=O) groups excluding carboxylic acids is 1. The van der Waals surface area contributed by atoms with Gasteiger partial charge in [-0.2, -0.15) is 0 Å². The molecule has 0 spiro atoms. The second kappa shape index (κ2) is 6.08. The molecular weight excluding hydrogens is 278 g/mol. The van der Waals surface area contributed by atoms with E-state index in [0.29, 0.717) is 11.5 Å². The van der Waals surface area contributed by atoms with Crippen molar-refractivity contribution in [2.75, 3.05) is 7.11 Å². The van der Waals surface area contributed by atoms with Crippen molar-refractivity contribution in [3.8, 4) is 5.75 Å². The number of nitro groups is 1. The normalized spacial score (nSPS) is 11.7. The lowest BCUT2D eigenvalue weighted by molar-refractivity contribution is -0.384. The Labute approximate surface area is 120 Å². The van der Waals surface area contributed by atoms with Gasteiger partial charge in [0.2, 0.25) is 5.76 Å². The molecule has 1 aromatic heterocycles. The highest BCUT2D eigenvalue weighted by atomic mass is 16.6. The number of carbonyl (C=O) groups is 1. The lowest BCUT2D eigenvalue weighted by atomic mass is 10.3. The molecule has 0 saturated heterocycles. The highest BCUT2D eigenvalue weighted by molar-refractivity contribution is 5.86. The lowest BCUT2D eigenvalue weighted by Crippen LogP contribution is -2.03. The molecule has 2 aromatic rings. The lowest BCUT2D eigenvalue weighted by Gasteiger charge is -2.12. The summed E-state index contributed by atoms with van der Waals surface area (Å²) in [5, 5.41) is 10.7. The molecule has 0 fully saturated rings. The molecule has 0 N–H and O–H groups in total. The first-order valence-electron chi connectivity index (χ1n) is 6.10. The van der Waals surface area contributed by atoms with Crippen LogP contribution >= 0.6 is 0 Å². The third-order valence-electron chi connectivity index (χ3n) is 2.76. The highest BCUT2D eigenvalue weighted by Gasteiger charge is 2.17. The van der Waals surface area contributed by atoms with Crippen molar-refractivity contribution in [2.45, 2.75) is 13.0 Å². The molecule has 7 heteroatoms. The number of nitrogens with zero attached hydrogens (tertiary/aromatic N) is 1. The van der Waals surface area contributed by atoms with Gasteiger partial charge in [-0.1, -0.05) is 6.07 Å². The van der Waals surface area contributed by atoms with Crippen LogP contribution in [0.3, 0.4) is 0 Å². The van der Waals surface area contributed by atoms with Crippen LogP contribution in [0.15, 0.2) is 40.8 Å². The maximum atomic E-state index is 11.3. The van der Waals surface area contributed by atoms with Gasteiger partial charge in [0, 0.05) is 6.07 Å². The minimum atomic E-state index is -0.580. The summed E-state index contributed by atoms with van der Waals surface area (Å²) in [6.45, 7) is 1.71. The van der Waals surface area contributed by atoms with E-state index in [9.17, 15) is 14.9 Å². The maximum absolute atomic E-state index is 11.3. The molecule has 1 aromatic carbocycles. The molecule has 21 heavy (non-hydrogen) atoms. The molecule has 0 aliphatic rings. The van der Waals surface area contributed by atoms with E-state index in [1.54, 1.807) is 19.1 Å². The van der Waals surface area contributed by atoms with Gasteiger partial charge in [-0.05, 0) is 25.1 Å². The van der Waals surface area contributed by atoms with E-state index in [1.165, 1.54) is 31.4 Å². The van der Waals surface area contributed by atoms with Gasteiger partial charge in [0.25, 0.3) is 5.69 Å². The van der Waals surface area contributed by atoms with E-state index in [2.05, 4.69) is 4.74 Å². The minimum Gasteiger partial charge on any atom is -0.483 e. The van der Waals surface area contributed by atoms with Crippen molar-refractivity contribution in [3.63, 3.8) is 0 Å². The van der Waals surface area contributed by atoms with E-state index < -0.39 is 17.0 Å². The molecule has 110 valence electrons. The Morgan fingerprint density at radius 2 is 2.10 bits per heavy atom. The number of ether oxygens (including phenoxy) is 2. The monoisotopic (exact) mass is 291 g/mol. The summed E-state index contributed by atoms with van der Waals surface area (Å²) in [5.74, 6) is 0.250. The van der Waals surface area contributed by atoms with Crippen molar-refractivity contribution >= 4 is 11.7 Å². The van der Waals surface area contributed by atoms with Crippen molar-refractivity contribution in [3.05, 3.63) is 58.0 Å². The van der Waals surface area contributed by atoms with Crippen LogP contribution in [0.4, 0.5) is 5.69 Å². The van der Waals surface area contributed by atoms with Crippen LogP contribution in [-0.4, -0.2) is 18.0 Å². The van der Waals surface area contributed by atoms with Crippen LogP contribution < -0.4 is 4.74 Å². The zero-order valence-corrected chi connectivity index (χ0v) is 11.4. The molecule has 0 bridgehead atoms. The fourth-order valence-corrected chi connectivity index (χ4v) is 1.71. The smallest absolute Gasteiger partial charge is 0.373 e. The fourth-order valence-electron chi connectivity index (χ4n) is 1.71. The molecule has 1 heterocycles. The third-order valence-corrected chi connectivity index (χ3v) is 2.76. The largest absolute Gasteiger partial charge is 0.483 e. The Balaban J connectivity index is 2.12. The Kier molecular flexibility index (Phi) is 4.22. The van der Waals surface area contributed by atoms with Crippen LogP contribution in [0.25, 0.3) is 0 Å². The average Bonchev–Trinajstić information content (AvgIpc) is 2.96. The van der Waals surface area contributed by atoms with Crippen molar-refractivity contribution < 1.29 is 23.6 Å². The number of non-ortho nitro benzene ring substituents is 1. The topological polar surface area (TPSA) is 91.8 Å². The Morgan fingerprint density at radius 3 is 2.76 bits per heavy atom. The van der Waals surface area contributed by atoms with Crippen LogP contribution in [-0.2, 0) is 4.74 Å². The van der Waals surface area contributed by atoms with Crippen molar-refractivity contribution in [1.29, 1.82) is 0 Å². The Hall–Kier alpha value is -2.83. The van der Waals surface area contributed by atoms with Crippen LogP contribution in [0, 0.1) is 10.1 Å². The zero-order chi connectivity index (χ0) is 15.4. The van der Waals surface area contributed by atoms with E-state index in [4.69, 9.17) is 9.15 Å². The summed E-state index contributed by atoms with van der Waals surface area (Å²) in [5.41, 5.74) is -0.0607. The summed E-state index contributed by atoms with van der Waals surface area (Å²) in [7, 11) is 1.26. The quantitative estimate of drug-likeness (QED) is 0.477. The van der Waals surface area contributed by atoms with Gasteiger partial charge in [-0.3, -0.25) is 10.1 Å². The van der Waals surface area contributed by atoms with Crippen LogP contribution in [0.1, 0.15) is 29.3 Å². The zero-order valence-electron chi connectivity index (χ0n) is 11.4. The number of methoxy groups -OCH3 is 1. The minimum absolute atomic E-state index is 0.0607. The van der Waals surface area contributed by atoms with Gasteiger partial charge in [0.05, 0.1) is 18.1 Å². The SMILES string of the molecule is COC(=O)c1ccc(C(C)Oc2cccc([N+](=O)[O-])c2)o1. The van der Waals surface area contributed by atoms with Gasteiger partial charge in [-0.25, -0.2) is 4.79 Å². The number of hydrogen-bond donors (Lipinski definition) is 0. The van der Waals surface area contributed by atoms with Gasteiger partial charge >= 0.3 is 5.97 Å². The second-order valence-corrected chi connectivity index (χ2v) is 4.21. The maximum Gasteiger partial charge on any atom is 0.373 e. The summed E-state index contributed by atoms with van der Waals surface area (Å²) in [6.07, 6.45) is -0.509. The van der Waals surface area contributed by atoms with Crippen LogP contribution in [0.5, 0.6) is 5.75 Å². The van der Waals surface area contributed by atoms with E-state index in [0.717, 1.165) is 0 Å². The first-order valence-corrected chi connectivity index (χ1v) is 6.10. The summed E-state index contributed by atoms with van der Waals surface area (Å²) >= 11 is 0. The number of furan rings is 1. The molecule has 1 unspecified atom stereocenters. The summed E-state index contributed by atoms with van der Waals surface area (Å²) in [6, 6.07) is 8.90. The Bertz CT molecular complexity index is 663. The van der Waals surface area contributed by atoms with Crippen LogP contribution in [0.2, 0.25) is 0 Å². The van der Waals surface area contributed by atoms with Gasteiger partial charge in [0.1, 0.15) is 11.5 Å². The first-order chi connectivity index (χ1) is 10.0. The van der Waals surface area contributed by atoms with Crippen molar-refractivity contribution in [2.24, 2.45) is 0 Å². The molecule has 0 amide bonds. The molecule has 0 aliphatic heterocycles. The Morgan fingerprint density at radius 1 is 1.33 bits per heavy atom. The summed E-state index contributed by atoms with van der Waals surface area (Å²) in [4.78, 5) is 21.5. The molecular formula is C14H13NO6. The number of rotatable bonds is 5. The molecule has 0 saturated carbocycles. The number of nitro benzene ring substituents is 1. The summed E-state index contributed by atoms with van der Waals surface area (Å²) < 4.78 is 15.4. The number of hydrogen-bond acceptors (Lipinski definition) is 6. The van der Waals surface area contributed by atoms with Gasteiger partial charge in [-0.15, -0.1) is 0 Å². The standard InChI is InChI=1S/C14H13NO6/c1-9(12-6-7-13(21-12)14(16)19-2)20-11-5-3-4-10(8-11)15(17)18/h3-9H,1-2H3. The van der Waals surface area contributed by atoms with Crippen molar-refractivity contribution in [1.82, 2.24) is 0 Å². The molecule has 0 radical (unpaired) electrons. The predicted octanol–water partition coefficient (Wildman–Crippen LogP) is 3.11. The van der Waals surface area contributed by atoms with E-state index in [-0.39, 0.29) is 11.4 Å². The third kappa shape index (κ3) is 3.38. The first kappa shape index (κ1) is 14.6. The predicted molar refractivity (Wildman–Crippen MR) is 72.2 cm³/mol. The fraction of sp³-hybridized carbons (Fsp3) is 0.214. The molecule has 2 rings (SSSR count). The number of esters is 1. The average molecular weight is 291 g/mol.